The average molecular weight is 392 g/mol. The molecule has 0 spiro atoms. The Morgan fingerprint density at radius 1 is 1.42 bits per heavy atom. The molecule has 142 valence electrons. The molecule has 0 radical (unpaired) electrons. The number of thiocarbonyl (C=S) groups is 1. The smallest absolute Gasteiger partial charge is 0.231 e. The van der Waals surface area contributed by atoms with Crippen LogP contribution in [-0.4, -0.2) is 38.1 Å². The van der Waals surface area contributed by atoms with Gasteiger partial charge in [-0.05, 0) is 30.7 Å². The molecule has 1 saturated heterocycles. The third-order valence-electron chi connectivity index (χ3n) is 4.81. The quantitative estimate of drug-likeness (QED) is 0.494. The zero-order valence-corrected chi connectivity index (χ0v) is 17.3. The fourth-order valence-corrected chi connectivity index (χ4v) is 4.43. The van der Waals surface area contributed by atoms with Gasteiger partial charge in [-0.15, -0.1) is 0 Å². The molecule has 1 heterocycles. The van der Waals surface area contributed by atoms with Crippen LogP contribution in [0, 0.1) is 5.92 Å². The highest BCUT2D eigenvalue weighted by molar-refractivity contribution is 8.23. The largest absolute Gasteiger partial charge is 0.389 e. The number of benzene rings is 1. The van der Waals surface area contributed by atoms with Crippen molar-refractivity contribution in [3.63, 3.8) is 0 Å². The van der Waals surface area contributed by atoms with Crippen LogP contribution in [0.1, 0.15) is 45.1 Å². The molecule has 1 aromatic carbocycles. The molecule has 1 aliphatic heterocycles. The van der Waals surface area contributed by atoms with Gasteiger partial charge < -0.3 is 5.11 Å². The summed E-state index contributed by atoms with van der Waals surface area (Å²) < 4.78 is 0.629. The molecule has 26 heavy (non-hydrogen) atoms. The SMILES string of the molecule is CCC(C)CCC=CC(O)CC(=O)N1C(=S)SCC1Cc1ccccc1. The lowest BCUT2D eigenvalue weighted by atomic mass is 10.0. The molecule has 3 atom stereocenters. The first kappa shape index (κ1) is 21.1. The highest BCUT2D eigenvalue weighted by Crippen LogP contribution is 2.28. The van der Waals surface area contributed by atoms with Crippen molar-refractivity contribution in [3.8, 4) is 0 Å². The summed E-state index contributed by atoms with van der Waals surface area (Å²) in [5.41, 5.74) is 1.20. The van der Waals surface area contributed by atoms with Gasteiger partial charge >= 0.3 is 0 Å². The molecule has 1 fully saturated rings. The van der Waals surface area contributed by atoms with Crippen LogP contribution in [0.15, 0.2) is 42.5 Å². The summed E-state index contributed by atoms with van der Waals surface area (Å²) in [6.07, 6.45) is 7.09. The Hall–Kier alpha value is -1.17. The summed E-state index contributed by atoms with van der Waals surface area (Å²) >= 11 is 6.93. The predicted molar refractivity (Wildman–Crippen MR) is 114 cm³/mol. The van der Waals surface area contributed by atoms with Gasteiger partial charge in [0.15, 0.2) is 0 Å². The van der Waals surface area contributed by atoms with Crippen LogP contribution >= 0.6 is 24.0 Å². The molecule has 1 aliphatic rings. The first-order valence-electron chi connectivity index (χ1n) is 9.38. The van der Waals surface area contributed by atoms with Crippen LogP contribution in [0.25, 0.3) is 0 Å². The van der Waals surface area contributed by atoms with Gasteiger partial charge in [0.25, 0.3) is 0 Å². The van der Waals surface area contributed by atoms with E-state index in [1.54, 1.807) is 22.7 Å². The lowest BCUT2D eigenvalue weighted by Crippen LogP contribution is -2.41. The van der Waals surface area contributed by atoms with Crippen LogP contribution in [0.2, 0.25) is 0 Å². The van der Waals surface area contributed by atoms with Crippen molar-refractivity contribution in [3.05, 3.63) is 48.0 Å². The molecule has 0 aliphatic carbocycles. The second-order valence-electron chi connectivity index (χ2n) is 6.97. The van der Waals surface area contributed by atoms with Crippen molar-refractivity contribution < 1.29 is 9.90 Å². The van der Waals surface area contributed by atoms with Crippen LogP contribution in [0.4, 0.5) is 0 Å². The Morgan fingerprint density at radius 2 is 2.15 bits per heavy atom. The second kappa shape index (κ2) is 10.9. The van der Waals surface area contributed by atoms with Gasteiger partial charge in [-0.1, -0.05) is 86.7 Å². The Kier molecular flexibility index (Phi) is 8.82. The molecule has 0 saturated carbocycles. The predicted octanol–water partition coefficient (Wildman–Crippen LogP) is 4.59. The van der Waals surface area contributed by atoms with Gasteiger partial charge in [-0.25, -0.2) is 0 Å². The van der Waals surface area contributed by atoms with Gasteiger partial charge in [0.1, 0.15) is 4.32 Å². The van der Waals surface area contributed by atoms with Crippen molar-refractivity contribution in [2.24, 2.45) is 5.92 Å². The second-order valence-corrected chi connectivity index (χ2v) is 8.63. The van der Waals surface area contributed by atoms with E-state index in [9.17, 15) is 9.90 Å². The minimum Gasteiger partial charge on any atom is -0.389 e. The number of thioether (sulfide) groups is 1. The van der Waals surface area contributed by atoms with E-state index < -0.39 is 6.10 Å². The van der Waals surface area contributed by atoms with E-state index in [1.165, 1.54) is 12.0 Å². The number of amides is 1. The summed E-state index contributed by atoms with van der Waals surface area (Å²) in [6.45, 7) is 4.41. The van der Waals surface area contributed by atoms with Crippen molar-refractivity contribution in [2.75, 3.05) is 5.75 Å². The number of aliphatic hydroxyl groups is 1. The third-order valence-corrected chi connectivity index (χ3v) is 6.35. The zero-order valence-electron chi connectivity index (χ0n) is 15.6. The Balaban J connectivity index is 1.87. The molecule has 0 aromatic heterocycles. The molecule has 1 aromatic rings. The molecule has 5 heteroatoms. The van der Waals surface area contributed by atoms with Crippen molar-refractivity contribution in [1.29, 1.82) is 0 Å². The Bertz CT molecular complexity index is 618. The lowest BCUT2D eigenvalue weighted by molar-refractivity contribution is -0.129. The van der Waals surface area contributed by atoms with E-state index in [0.29, 0.717) is 10.2 Å². The number of allylic oxidation sites excluding steroid dienone is 1. The van der Waals surface area contributed by atoms with Crippen LogP contribution in [0.5, 0.6) is 0 Å². The molecule has 2 rings (SSSR count). The van der Waals surface area contributed by atoms with Crippen LogP contribution in [-0.2, 0) is 11.2 Å². The number of carbonyl (C=O) groups is 1. The van der Waals surface area contributed by atoms with Gasteiger partial charge in [-0.2, -0.15) is 0 Å². The fourth-order valence-electron chi connectivity index (χ4n) is 2.99. The monoisotopic (exact) mass is 391 g/mol. The number of hydrogen-bond acceptors (Lipinski definition) is 4. The molecular weight excluding hydrogens is 362 g/mol. The Morgan fingerprint density at radius 3 is 2.85 bits per heavy atom. The molecule has 1 amide bonds. The van der Waals surface area contributed by atoms with Gasteiger partial charge in [0, 0.05) is 5.75 Å². The maximum atomic E-state index is 12.7. The topological polar surface area (TPSA) is 40.5 Å². The number of hydrogen-bond donors (Lipinski definition) is 1. The van der Waals surface area contributed by atoms with E-state index in [-0.39, 0.29) is 18.4 Å². The number of rotatable bonds is 9. The van der Waals surface area contributed by atoms with E-state index >= 15 is 0 Å². The number of aliphatic hydroxyl groups excluding tert-OH is 1. The lowest BCUT2D eigenvalue weighted by Gasteiger charge is -2.24. The molecule has 3 unspecified atom stereocenters. The Labute approximate surface area is 166 Å². The standard InChI is InChI=1S/C21H29NO2S2/c1-3-16(2)9-7-8-12-19(23)14-20(24)22-18(15-26-21(22)25)13-17-10-5-4-6-11-17/h4-6,8,10-12,16,18-19,23H,3,7,9,13-15H2,1-2H3. The molecule has 1 N–H and O–H groups in total. The first-order chi connectivity index (χ1) is 12.5. The van der Waals surface area contributed by atoms with E-state index in [1.807, 2.05) is 24.3 Å². The van der Waals surface area contributed by atoms with E-state index in [4.69, 9.17) is 12.2 Å². The van der Waals surface area contributed by atoms with Crippen LogP contribution < -0.4 is 0 Å². The summed E-state index contributed by atoms with van der Waals surface area (Å²) in [7, 11) is 0. The van der Waals surface area contributed by atoms with Crippen molar-refractivity contribution >= 4 is 34.2 Å². The highest BCUT2D eigenvalue weighted by atomic mass is 32.2. The maximum absolute atomic E-state index is 12.7. The summed E-state index contributed by atoms with van der Waals surface area (Å²) in [5.74, 6) is 1.43. The van der Waals surface area contributed by atoms with Crippen molar-refractivity contribution in [1.82, 2.24) is 4.90 Å². The van der Waals surface area contributed by atoms with E-state index in [2.05, 4.69) is 26.0 Å². The average Bonchev–Trinajstić information content (AvgIpc) is 2.99. The highest BCUT2D eigenvalue weighted by Gasteiger charge is 2.34. The first-order valence-corrected chi connectivity index (χ1v) is 10.8. The fraction of sp³-hybridized carbons (Fsp3) is 0.524. The molecule has 3 nitrogen and oxygen atoms in total. The van der Waals surface area contributed by atoms with Gasteiger partial charge in [-0.3, -0.25) is 9.69 Å². The van der Waals surface area contributed by atoms with E-state index in [0.717, 1.165) is 25.0 Å². The minimum absolute atomic E-state index is 0.0731. The van der Waals surface area contributed by atoms with Gasteiger partial charge in [0.05, 0.1) is 18.6 Å². The van der Waals surface area contributed by atoms with Crippen molar-refractivity contribution in [2.45, 2.75) is 58.1 Å². The number of nitrogens with zero attached hydrogens (tertiary/aromatic N) is 1. The zero-order chi connectivity index (χ0) is 18.9. The number of carbonyl (C=O) groups excluding carboxylic acids is 1. The maximum Gasteiger partial charge on any atom is 0.231 e. The summed E-state index contributed by atoms with van der Waals surface area (Å²) in [6, 6.07) is 10.2. The third kappa shape index (κ3) is 6.53. The molecular formula is C21H29NO2S2. The van der Waals surface area contributed by atoms with Crippen LogP contribution in [0.3, 0.4) is 0 Å². The molecule has 0 bridgehead atoms. The van der Waals surface area contributed by atoms with Gasteiger partial charge in [0.2, 0.25) is 5.91 Å². The summed E-state index contributed by atoms with van der Waals surface area (Å²) in [4.78, 5) is 14.4. The minimum atomic E-state index is -0.745. The summed E-state index contributed by atoms with van der Waals surface area (Å²) in [5, 5.41) is 10.2. The normalized spacial score (nSPS) is 19.9.